The molecule has 0 aliphatic carbocycles. The Balaban J connectivity index is 2.06. The van der Waals surface area contributed by atoms with Crippen molar-refractivity contribution in [2.24, 2.45) is 11.0 Å². The average Bonchev–Trinajstić information content (AvgIpc) is 2.72. The van der Waals surface area contributed by atoms with Gasteiger partial charge in [0, 0.05) is 23.9 Å². The molecule has 2 rings (SSSR count). The van der Waals surface area contributed by atoms with E-state index in [9.17, 15) is 9.59 Å². The molecule has 1 aromatic rings. The maximum atomic E-state index is 12.4. The van der Waals surface area contributed by atoms with Gasteiger partial charge in [0.05, 0.1) is 12.5 Å². The summed E-state index contributed by atoms with van der Waals surface area (Å²) < 4.78 is 4.88. The number of carbonyl (C=O) groups is 2. The molecule has 112 valence electrons. The molecule has 0 radical (unpaired) electrons. The quantitative estimate of drug-likeness (QED) is 0.767. The van der Waals surface area contributed by atoms with Gasteiger partial charge in [0.2, 0.25) is 0 Å². The number of hydrogen-bond acceptors (Lipinski definition) is 6. The number of carbonyl (C=O) groups excluding carboxylic acids is 2. The molecule has 2 heterocycles. The summed E-state index contributed by atoms with van der Waals surface area (Å²) in [7, 11) is 0. The molecule has 1 atom stereocenters. The highest BCUT2D eigenvalue weighted by Gasteiger charge is 2.35. The number of hydrazone groups is 1. The standard InChI is InChI=1S/C14H18N4O3/c1-4-21-13(19)6-5-11-10(3)17-18(14(11)20)12-7-9(2)15-8-16-12/h7-8,11H,4-6H2,1-3H3. The number of rotatable bonds is 5. The maximum absolute atomic E-state index is 12.4. The second kappa shape index (κ2) is 6.43. The van der Waals surface area contributed by atoms with Crippen molar-refractivity contribution in [3.05, 3.63) is 18.1 Å². The van der Waals surface area contributed by atoms with Crippen LogP contribution in [0.3, 0.4) is 0 Å². The van der Waals surface area contributed by atoms with E-state index in [1.165, 1.54) is 11.3 Å². The summed E-state index contributed by atoms with van der Waals surface area (Å²) >= 11 is 0. The molecule has 0 spiro atoms. The zero-order valence-electron chi connectivity index (χ0n) is 12.4. The molecule has 1 aliphatic rings. The zero-order valence-corrected chi connectivity index (χ0v) is 12.4. The van der Waals surface area contributed by atoms with Gasteiger partial charge in [-0.05, 0) is 27.2 Å². The van der Waals surface area contributed by atoms with Gasteiger partial charge in [0.1, 0.15) is 6.33 Å². The topological polar surface area (TPSA) is 84.8 Å². The summed E-state index contributed by atoms with van der Waals surface area (Å²) in [4.78, 5) is 31.9. The van der Waals surface area contributed by atoms with E-state index >= 15 is 0 Å². The van der Waals surface area contributed by atoms with E-state index in [1.807, 2.05) is 6.92 Å². The maximum Gasteiger partial charge on any atom is 0.305 e. The lowest BCUT2D eigenvalue weighted by Crippen LogP contribution is -2.28. The molecule has 0 saturated heterocycles. The summed E-state index contributed by atoms with van der Waals surface area (Å²) in [6.07, 6.45) is 2.00. The Kier molecular flexibility index (Phi) is 4.62. The van der Waals surface area contributed by atoms with E-state index in [0.29, 0.717) is 24.6 Å². The van der Waals surface area contributed by atoms with E-state index < -0.39 is 5.92 Å². The van der Waals surface area contributed by atoms with Crippen LogP contribution >= 0.6 is 0 Å². The molecule has 0 saturated carbocycles. The number of ether oxygens (including phenoxy) is 1. The molecule has 7 heteroatoms. The van der Waals surface area contributed by atoms with Crippen LogP contribution in [0.2, 0.25) is 0 Å². The van der Waals surface area contributed by atoms with Gasteiger partial charge in [-0.2, -0.15) is 10.1 Å². The number of hydrogen-bond donors (Lipinski definition) is 0. The number of esters is 1. The number of aromatic nitrogens is 2. The Hall–Kier alpha value is -2.31. The van der Waals surface area contributed by atoms with Gasteiger partial charge < -0.3 is 4.74 Å². The second-order valence-electron chi connectivity index (χ2n) is 4.81. The first-order valence-corrected chi connectivity index (χ1v) is 6.86. The van der Waals surface area contributed by atoms with Crippen molar-refractivity contribution in [1.82, 2.24) is 9.97 Å². The fourth-order valence-electron chi connectivity index (χ4n) is 2.15. The molecule has 0 N–H and O–H groups in total. The highest BCUT2D eigenvalue weighted by atomic mass is 16.5. The van der Waals surface area contributed by atoms with E-state index in [1.54, 1.807) is 19.9 Å². The van der Waals surface area contributed by atoms with Gasteiger partial charge in [0.25, 0.3) is 5.91 Å². The lowest BCUT2D eigenvalue weighted by atomic mass is 9.98. The molecule has 0 bridgehead atoms. The molecule has 21 heavy (non-hydrogen) atoms. The molecule has 1 amide bonds. The van der Waals surface area contributed by atoms with Crippen LogP contribution < -0.4 is 5.01 Å². The van der Waals surface area contributed by atoms with Crippen molar-refractivity contribution < 1.29 is 14.3 Å². The Morgan fingerprint density at radius 1 is 1.38 bits per heavy atom. The van der Waals surface area contributed by atoms with Crippen LogP contribution in [0, 0.1) is 12.8 Å². The van der Waals surface area contributed by atoms with Gasteiger partial charge in [-0.1, -0.05) is 0 Å². The van der Waals surface area contributed by atoms with Crippen LogP contribution in [-0.4, -0.2) is 34.2 Å². The normalized spacial score (nSPS) is 17.9. The third kappa shape index (κ3) is 3.42. The van der Waals surface area contributed by atoms with Gasteiger partial charge in [-0.3, -0.25) is 9.59 Å². The van der Waals surface area contributed by atoms with Crippen molar-refractivity contribution >= 4 is 23.4 Å². The molecular formula is C14H18N4O3. The monoisotopic (exact) mass is 290 g/mol. The average molecular weight is 290 g/mol. The fraction of sp³-hybridized carbons (Fsp3) is 0.500. The summed E-state index contributed by atoms with van der Waals surface area (Å²) in [6.45, 7) is 5.70. The van der Waals surface area contributed by atoms with E-state index in [2.05, 4.69) is 15.1 Å². The van der Waals surface area contributed by atoms with Crippen LogP contribution in [0.1, 0.15) is 32.4 Å². The van der Waals surface area contributed by atoms with Crippen LogP contribution in [-0.2, 0) is 14.3 Å². The fourth-order valence-corrected chi connectivity index (χ4v) is 2.15. The van der Waals surface area contributed by atoms with Gasteiger partial charge >= 0.3 is 5.97 Å². The molecular weight excluding hydrogens is 272 g/mol. The lowest BCUT2D eigenvalue weighted by Gasteiger charge is -2.13. The van der Waals surface area contributed by atoms with Crippen molar-refractivity contribution in [2.45, 2.75) is 33.6 Å². The zero-order chi connectivity index (χ0) is 15.4. The molecule has 7 nitrogen and oxygen atoms in total. The second-order valence-corrected chi connectivity index (χ2v) is 4.81. The minimum atomic E-state index is -0.398. The van der Waals surface area contributed by atoms with Crippen LogP contribution in [0.25, 0.3) is 0 Å². The van der Waals surface area contributed by atoms with Crippen LogP contribution in [0.5, 0.6) is 0 Å². The SMILES string of the molecule is CCOC(=O)CCC1C(=O)N(c2cc(C)ncn2)N=C1C. The van der Waals surface area contributed by atoms with E-state index in [-0.39, 0.29) is 18.3 Å². The Morgan fingerprint density at radius 3 is 2.81 bits per heavy atom. The third-order valence-corrected chi connectivity index (χ3v) is 3.22. The molecule has 1 aliphatic heterocycles. The Bertz CT molecular complexity index is 585. The number of amides is 1. The third-order valence-electron chi connectivity index (χ3n) is 3.22. The smallest absolute Gasteiger partial charge is 0.305 e. The lowest BCUT2D eigenvalue weighted by molar-refractivity contribution is -0.143. The summed E-state index contributed by atoms with van der Waals surface area (Å²) in [5.74, 6) is -0.417. The van der Waals surface area contributed by atoms with Crippen LogP contribution in [0.15, 0.2) is 17.5 Å². The van der Waals surface area contributed by atoms with Gasteiger partial charge in [0.15, 0.2) is 5.82 Å². The molecule has 0 fully saturated rings. The first-order chi connectivity index (χ1) is 10.0. The molecule has 1 aromatic heterocycles. The minimum Gasteiger partial charge on any atom is -0.466 e. The summed E-state index contributed by atoms with van der Waals surface area (Å²) in [5, 5.41) is 5.52. The highest BCUT2D eigenvalue weighted by Crippen LogP contribution is 2.25. The largest absolute Gasteiger partial charge is 0.466 e. The number of anilines is 1. The molecule has 0 aromatic carbocycles. The number of nitrogens with zero attached hydrogens (tertiary/aromatic N) is 4. The van der Waals surface area contributed by atoms with Crippen LogP contribution in [0.4, 0.5) is 5.82 Å². The van der Waals surface area contributed by atoms with Crippen molar-refractivity contribution in [3.63, 3.8) is 0 Å². The summed E-state index contributed by atoms with van der Waals surface area (Å²) in [5.41, 5.74) is 1.44. The predicted molar refractivity (Wildman–Crippen MR) is 76.7 cm³/mol. The van der Waals surface area contributed by atoms with E-state index in [4.69, 9.17) is 4.74 Å². The Morgan fingerprint density at radius 2 is 2.14 bits per heavy atom. The predicted octanol–water partition coefficient (Wildman–Crippen LogP) is 1.47. The number of aryl methyl sites for hydroxylation is 1. The first kappa shape index (κ1) is 15.1. The first-order valence-electron chi connectivity index (χ1n) is 6.86. The minimum absolute atomic E-state index is 0.171. The van der Waals surface area contributed by atoms with Gasteiger partial charge in [-0.25, -0.2) is 9.97 Å². The molecule has 1 unspecified atom stereocenters. The Labute approximate surface area is 123 Å². The van der Waals surface area contributed by atoms with Gasteiger partial charge in [-0.15, -0.1) is 0 Å². The van der Waals surface area contributed by atoms with Crippen molar-refractivity contribution in [3.8, 4) is 0 Å². The van der Waals surface area contributed by atoms with Crippen molar-refractivity contribution in [2.75, 3.05) is 11.6 Å². The van der Waals surface area contributed by atoms with Crippen molar-refractivity contribution in [1.29, 1.82) is 0 Å². The summed E-state index contributed by atoms with van der Waals surface area (Å²) in [6, 6.07) is 1.70. The van der Waals surface area contributed by atoms with E-state index in [0.717, 1.165) is 5.69 Å². The highest BCUT2D eigenvalue weighted by molar-refractivity contribution is 6.14.